The Hall–Kier alpha value is -1.96. The summed E-state index contributed by atoms with van der Waals surface area (Å²) in [6.07, 6.45) is 0.779. The molecule has 1 fully saturated rings. The van der Waals surface area contributed by atoms with E-state index >= 15 is 0 Å². The molecule has 1 heterocycles. The monoisotopic (exact) mass is 569 g/mol. The number of aliphatic imine (C=N–C) groups is 1. The molecule has 0 bridgehead atoms. The molecule has 1 aliphatic heterocycles. The van der Waals surface area contributed by atoms with Crippen molar-refractivity contribution in [3.63, 3.8) is 0 Å². The van der Waals surface area contributed by atoms with E-state index < -0.39 is 15.6 Å². The van der Waals surface area contributed by atoms with Crippen molar-refractivity contribution in [2.75, 3.05) is 50.3 Å². The maximum absolute atomic E-state index is 12.1. The largest absolute Gasteiger partial charge is 0.492 e. The Morgan fingerprint density at radius 3 is 2.19 bits per heavy atom. The maximum atomic E-state index is 12.1. The van der Waals surface area contributed by atoms with E-state index in [1.54, 1.807) is 29.2 Å². The van der Waals surface area contributed by atoms with Gasteiger partial charge in [0, 0.05) is 31.9 Å². The van der Waals surface area contributed by atoms with Gasteiger partial charge in [0.25, 0.3) is 0 Å². The zero-order valence-corrected chi connectivity index (χ0v) is 21.5. The smallest absolute Gasteiger partial charge is 0.410 e. The first-order valence-corrected chi connectivity index (χ1v) is 11.6. The molecule has 2 rings (SSSR count). The van der Waals surface area contributed by atoms with Crippen LogP contribution in [0.25, 0.3) is 0 Å². The first-order valence-electron chi connectivity index (χ1n) is 9.66. The molecule has 1 aromatic rings. The summed E-state index contributed by atoms with van der Waals surface area (Å²) in [5, 5.41) is 0. The molecule has 3 N–H and O–H groups in total. The summed E-state index contributed by atoms with van der Waals surface area (Å²) in [5.41, 5.74) is 6.01. The number of carbonyl (C=O) groups is 1. The average Bonchev–Trinajstić information content (AvgIpc) is 2.64. The topological polar surface area (TPSA) is 127 Å². The van der Waals surface area contributed by atoms with Crippen LogP contribution in [0.15, 0.2) is 29.3 Å². The highest BCUT2D eigenvalue weighted by Crippen LogP contribution is 2.16. The Morgan fingerprint density at radius 1 is 1.13 bits per heavy atom. The number of hydrogen-bond donors (Lipinski definition) is 2. The fourth-order valence-electron chi connectivity index (χ4n) is 2.70. The SMILES string of the molecule is CC(C)(C)OC(=O)N1CCN(C(N)=NCCOc2ccc(NS(C)(=O)=O)cc2)CC1.I. The lowest BCUT2D eigenvalue weighted by molar-refractivity contribution is 0.0186. The van der Waals surface area contributed by atoms with Gasteiger partial charge in [-0.3, -0.25) is 4.72 Å². The van der Waals surface area contributed by atoms with Gasteiger partial charge >= 0.3 is 6.09 Å². The number of carbonyl (C=O) groups excluding carboxylic acids is 1. The van der Waals surface area contributed by atoms with Gasteiger partial charge in [-0.15, -0.1) is 24.0 Å². The molecule has 1 amide bonds. The van der Waals surface area contributed by atoms with Crippen molar-refractivity contribution in [1.29, 1.82) is 0 Å². The molecular formula is C19H32IN5O5S. The molecular weight excluding hydrogens is 537 g/mol. The highest BCUT2D eigenvalue weighted by molar-refractivity contribution is 14.0. The number of halogens is 1. The second kappa shape index (κ2) is 11.6. The Bertz CT molecular complexity index is 847. The van der Waals surface area contributed by atoms with Gasteiger partial charge in [0.05, 0.1) is 12.8 Å². The van der Waals surface area contributed by atoms with Crippen LogP contribution in [0.4, 0.5) is 10.5 Å². The van der Waals surface area contributed by atoms with Gasteiger partial charge in [-0.1, -0.05) is 0 Å². The molecule has 1 aromatic carbocycles. The van der Waals surface area contributed by atoms with Crippen molar-refractivity contribution >= 4 is 51.7 Å². The van der Waals surface area contributed by atoms with E-state index in [0.29, 0.717) is 56.7 Å². The van der Waals surface area contributed by atoms with Crippen LogP contribution in [0.2, 0.25) is 0 Å². The van der Waals surface area contributed by atoms with Crippen LogP contribution in [-0.2, 0) is 14.8 Å². The summed E-state index contributed by atoms with van der Waals surface area (Å²) >= 11 is 0. The van der Waals surface area contributed by atoms with Crippen LogP contribution < -0.4 is 15.2 Å². The number of hydrogen-bond acceptors (Lipinski definition) is 6. The second-order valence-electron chi connectivity index (χ2n) is 7.94. The van der Waals surface area contributed by atoms with E-state index in [1.807, 2.05) is 25.7 Å². The van der Waals surface area contributed by atoms with Gasteiger partial charge in [0.1, 0.15) is 18.0 Å². The quantitative estimate of drug-likeness (QED) is 0.232. The Labute approximate surface area is 201 Å². The van der Waals surface area contributed by atoms with Crippen molar-refractivity contribution < 1.29 is 22.7 Å². The van der Waals surface area contributed by atoms with Crippen molar-refractivity contribution in [2.45, 2.75) is 26.4 Å². The third kappa shape index (κ3) is 10.3. The molecule has 31 heavy (non-hydrogen) atoms. The molecule has 0 unspecified atom stereocenters. The van der Waals surface area contributed by atoms with Crippen LogP contribution in [-0.4, -0.2) is 81.5 Å². The minimum Gasteiger partial charge on any atom is -0.492 e. The van der Waals surface area contributed by atoms with Crippen LogP contribution >= 0.6 is 24.0 Å². The van der Waals surface area contributed by atoms with E-state index in [9.17, 15) is 13.2 Å². The highest BCUT2D eigenvalue weighted by atomic mass is 127. The number of amides is 1. The summed E-state index contributed by atoms with van der Waals surface area (Å²) in [4.78, 5) is 20.0. The van der Waals surface area contributed by atoms with Gasteiger partial charge in [-0.25, -0.2) is 18.2 Å². The lowest BCUT2D eigenvalue weighted by atomic mass is 10.2. The van der Waals surface area contributed by atoms with E-state index in [1.165, 1.54) is 0 Å². The van der Waals surface area contributed by atoms with Gasteiger partial charge in [0.15, 0.2) is 5.96 Å². The van der Waals surface area contributed by atoms with E-state index in [-0.39, 0.29) is 30.1 Å². The first-order chi connectivity index (χ1) is 13.9. The number of nitrogens with zero attached hydrogens (tertiary/aromatic N) is 3. The number of rotatable bonds is 6. The number of sulfonamides is 1. The third-order valence-corrected chi connectivity index (χ3v) is 4.65. The number of piperazine rings is 1. The van der Waals surface area contributed by atoms with Crippen LogP contribution in [0.5, 0.6) is 5.75 Å². The van der Waals surface area contributed by atoms with Crippen LogP contribution in [0.1, 0.15) is 20.8 Å². The van der Waals surface area contributed by atoms with Crippen molar-refractivity contribution in [3.8, 4) is 5.75 Å². The molecule has 1 saturated heterocycles. The van der Waals surface area contributed by atoms with Crippen molar-refractivity contribution in [3.05, 3.63) is 24.3 Å². The van der Waals surface area contributed by atoms with Gasteiger partial charge in [0.2, 0.25) is 10.0 Å². The summed E-state index contributed by atoms with van der Waals surface area (Å²) in [7, 11) is -3.30. The normalized spacial score (nSPS) is 15.2. The number of anilines is 1. The second-order valence-corrected chi connectivity index (χ2v) is 9.69. The van der Waals surface area contributed by atoms with Gasteiger partial charge < -0.3 is 25.0 Å². The molecule has 1 aliphatic rings. The van der Waals surface area contributed by atoms with Crippen molar-refractivity contribution in [2.24, 2.45) is 10.7 Å². The number of nitrogens with one attached hydrogen (secondary N) is 1. The average molecular weight is 569 g/mol. The fraction of sp³-hybridized carbons (Fsp3) is 0.579. The predicted octanol–water partition coefficient (Wildman–Crippen LogP) is 1.92. The standard InChI is InChI=1S/C19H31N5O5S.HI/c1-19(2,3)29-18(25)24-12-10-23(11-13-24)17(20)21-9-14-28-16-7-5-15(6-8-16)22-30(4,26)27;/h5-8,22H,9-14H2,1-4H3,(H2,20,21);1H. The zero-order valence-electron chi connectivity index (χ0n) is 18.3. The number of ether oxygens (including phenoxy) is 2. The lowest BCUT2D eigenvalue weighted by Crippen LogP contribution is -2.53. The van der Waals surface area contributed by atoms with Crippen LogP contribution in [0, 0.1) is 0 Å². The fourth-order valence-corrected chi connectivity index (χ4v) is 3.27. The minimum atomic E-state index is -3.30. The van der Waals surface area contributed by atoms with Gasteiger partial charge in [-0.05, 0) is 45.0 Å². The lowest BCUT2D eigenvalue weighted by Gasteiger charge is -2.36. The summed E-state index contributed by atoms with van der Waals surface area (Å²) < 4.78 is 35.8. The highest BCUT2D eigenvalue weighted by Gasteiger charge is 2.26. The molecule has 0 spiro atoms. The summed E-state index contributed by atoms with van der Waals surface area (Å²) in [6.45, 7) is 8.45. The Kier molecular flexibility index (Phi) is 10.1. The third-order valence-electron chi connectivity index (χ3n) is 4.05. The molecule has 0 aromatic heterocycles. The molecule has 0 atom stereocenters. The molecule has 10 nitrogen and oxygen atoms in total. The van der Waals surface area contributed by atoms with Crippen molar-refractivity contribution in [1.82, 2.24) is 9.80 Å². The summed E-state index contributed by atoms with van der Waals surface area (Å²) in [6, 6.07) is 6.60. The number of benzene rings is 1. The van der Waals surface area contributed by atoms with Crippen LogP contribution in [0.3, 0.4) is 0 Å². The number of nitrogens with two attached hydrogens (primary N) is 1. The molecule has 0 radical (unpaired) electrons. The maximum Gasteiger partial charge on any atom is 0.410 e. The molecule has 176 valence electrons. The van der Waals surface area contributed by atoms with Gasteiger partial charge in [-0.2, -0.15) is 0 Å². The number of guanidine groups is 1. The molecule has 0 saturated carbocycles. The van der Waals surface area contributed by atoms with E-state index in [0.717, 1.165) is 6.26 Å². The Balaban J connectivity index is 0.00000480. The Morgan fingerprint density at radius 2 is 1.68 bits per heavy atom. The predicted molar refractivity (Wildman–Crippen MR) is 132 cm³/mol. The summed E-state index contributed by atoms with van der Waals surface area (Å²) in [5.74, 6) is 1.02. The van der Waals surface area contributed by atoms with E-state index in [2.05, 4.69) is 9.71 Å². The zero-order chi connectivity index (χ0) is 22.4. The molecule has 12 heteroatoms. The van der Waals surface area contributed by atoms with E-state index in [4.69, 9.17) is 15.2 Å². The molecule has 0 aliphatic carbocycles. The minimum absolute atomic E-state index is 0. The first kappa shape index (κ1) is 27.1.